The van der Waals surface area contributed by atoms with Crippen LogP contribution in [0.15, 0.2) is 12.4 Å². The molecule has 1 aromatic heterocycles. The highest BCUT2D eigenvalue weighted by molar-refractivity contribution is 5.02. The molecule has 0 radical (unpaired) electrons. The van der Waals surface area contributed by atoms with Gasteiger partial charge in [-0.1, -0.05) is 13.3 Å². The van der Waals surface area contributed by atoms with Crippen molar-refractivity contribution in [1.29, 1.82) is 0 Å². The van der Waals surface area contributed by atoms with Crippen LogP contribution in [0.25, 0.3) is 0 Å². The smallest absolute Gasteiger partial charge is 0.0534 e. The monoisotopic (exact) mass is 224 g/mol. The van der Waals surface area contributed by atoms with Crippen molar-refractivity contribution in [3.8, 4) is 0 Å². The molecule has 4 heteroatoms. The van der Waals surface area contributed by atoms with E-state index in [4.69, 9.17) is 5.73 Å². The normalized spacial score (nSPS) is 13.3. The Morgan fingerprint density at radius 3 is 2.81 bits per heavy atom. The van der Waals surface area contributed by atoms with Gasteiger partial charge in [0.2, 0.25) is 0 Å². The molecule has 0 aliphatic carbocycles. The molecule has 2 N–H and O–H groups in total. The Kier molecular flexibility index (Phi) is 5.49. The van der Waals surface area contributed by atoms with Gasteiger partial charge in [0.15, 0.2) is 0 Å². The summed E-state index contributed by atoms with van der Waals surface area (Å²) >= 11 is 0. The fourth-order valence-corrected chi connectivity index (χ4v) is 1.84. The molecule has 0 saturated heterocycles. The Morgan fingerprint density at radius 2 is 2.31 bits per heavy atom. The highest BCUT2D eigenvalue weighted by Crippen LogP contribution is 2.08. The third kappa shape index (κ3) is 4.33. The van der Waals surface area contributed by atoms with Crippen LogP contribution in [0.3, 0.4) is 0 Å². The number of aryl methyl sites for hydroxylation is 1. The van der Waals surface area contributed by atoms with Crippen LogP contribution in [-0.4, -0.2) is 34.8 Å². The minimum Gasteiger partial charge on any atom is -0.330 e. The lowest BCUT2D eigenvalue weighted by atomic mass is 10.0. The van der Waals surface area contributed by atoms with Crippen LogP contribution in [0.1, 0.15) is 25.3 Å². The lowest BCUT2D eigenvalue weighted by Crippen LogP contribution is -2.23. The van der Waals surface area contributed by atoms with E-state index in [9.17, 15) is 0 Å². The first-order chi connectivity index (χ1) is 7.65. The summed E-state index contributed by atoms with van der Waals surface area (Å²) in [7, 11) is 4.10. The van der Waals surface area contributed by atoms with E-state index in [-0.39, 0.29) is 0 Å². The van der Waals surface area contributed by atoms with E-state index < -0.39 is 0 Å². The zero-order valence-corrected chi connectivity index (χ0v) is 10.7. The average Bonchev–Trinajstić information content (AvgIpc) is 2.65. The fraction of sp³-hybridized carbons (Fsp3) is 0.750. The van der Waals surface area contributed by atoms with Gasteiger partial charge in [0.1, 0.15) is 0 Å². The van der Waals surface area contributed by atoms with Crippen LogP contribution >= 0.6 is 0 Å². The number of hydrogen-bond donors (Lipinski definition) is 1. The number of aromatic nitrogens is 2. The third-order valence-electron chi connectivity index (χ3n) is 3.04. The minimum atomic E-state index is 0.663. The van der Waals surface area contributed by atoms with Gasteiger partial charge in [-0.25, -0.2) is 0 Å². The SMILES string of the molecule is CCC(CN)CCN(C)Cc1cnn(C)c1. The van der Waals surface area contributed by atoms with Crippen LogP contribution in [-0.2, 0) is 13.6 Å². The summed E-state index contributed by atoms with van der Waals surface area (Å²) in [5.41, 5.74) is 6.96. The molecule has 0 aliphatic rings. The van der Waals surface area contributed by atoms with Gasteiger partial charge in [0.05, 0.1) is 6.20 Å². The zero-order valence-electron chi connectivity index (χ0n) is 10.7. The first kappa shape index (κ1) is 13.2. The molecule has 0 spiro atoms. The molecule has 0 bridgehead atoms. The van der Waals surface area contributed by atoms with Gasteiger partial charge in [-0.2, -0.15) is 5.10 Å². The molecular weight excluding hydrogens is 200 g/mol. The van der Waals surface area contributed by atoms with Crippen molar-refractivity contribution in [3.63, 3.8) is 0 Å². The number of rotatable bonds is 7. The highest BCUT2D eigenvalue weighted by atomic mass is 15.2. The fourth-order valence-electron chi connectivity index (χ4n) is 1.84. The minimum absolute atomic E-state index is 0.663. The first-order valence-electron chi connectivity index (χ1n) is 6.01. The molecule has 0 saturated carbocycles. The van der Waals surface area contributed by atoms with E-state index in [1.54, 1.807) is 0 Å². The molecule has 1 heterocycles. The molecule has 16 heavy (non-hydrogen) atoms. The van der Waals surface area contributed by atoms with Gasteiger partial charge in [0, 0.05) is 25.4 Å². The van der Waals surface area contributed by atoms with E-state index in [0.29, 0.717) is 5.92 Å². The van der Waals surface area contributed by atoms with Crippen molar-refractivity contribution >= 4 is 0 Å². The van der Waals surface area contributed by atoms with Crippen molar-refractivity contribution in [2.75, 3.05) is 20.1 Å². The Balaban J connectivity index is 2.27. The summed E-state index contributed by atoms with van der Waals surface area (Å²) in [6, 6.07) is 0. The summed E-state index contributed by atoms with van der Waals surface area (Å²) in [6.45, 7) is 5.08. The van der Waals surface area contributed by atoms with E-state index in [1.165, 1.54) is 18.4 Å². The number of nitrogens with zero attached hydrogens (tertiary/aromatic N) is 3. The molecule has 1 rings (SSSR count). The summed E-state index contributed by atoms with van der Waals surface area (Å²) < 4.78 is 1.85. The van der Waals surface area contributed by atoms with Crippen LogP contribution in [0, 0.1) is 5.92 Å². The Morgan fingerprint density at radius 1 is 1.56 bits per heavy atom. The molecular formula is C12H24N4. The summed E-state index contributed by atoms with van der Waals surface area (Å²) in [4.78, 5) is 2.33. The lowest BCUT2D eigenvalue weighted by molar-refractivity contribution is 0.292. The first-order valence-corrected chi connectivity index (χ1v) is 6.01. The summed E-state index contributed by atoms with van der Waals surface area (Å²) in [5, 5.41) is 4.17. The topological polar surface area (TPSA) is 47.1 Å². The quantitative estimate of drug-likeness (QED) is 0.757. The van der Waals surface area contributed by atoms with Crippen molar-refractivity contribution < 1.29 is 0 Å². The predicted molar refractivity (Wildman–Crippen MR) is 67.0 cm³/mol. The third-order valence-corrected chi connectivity index (χ3v) is 3.04. The van der Waals surface area contributed by atoms with Gasteiger partial charge < -0.3 is 10.6 Å². The Bertz CT molecular complexity index is 291. The zero-order chi connectivity index (χ0) is 12.0. The van der Waals surface area contributed by atoms with Crippen molar-refractivity contribution in [2.24, 2.45) is 18.7 Å². The van der Waals surface area contributed by atoms with Crippen LogP contribution < -0.4 is 5.73 Å². The average molecular weight is 224 g/mol. The lowest BCUT2D eigenvalue weighted by Gasteiger charge is -2.19. The van der Waals surface area contributed by atoms with E-state index in [1.807, 2.05) is 17.9 Å². The molecule has 92 valence electrons. The van der Waals surface area contributed by atoms with Crippen LogP contribution in [0.5, 0.6) is 0 Å². The van der Waals surface area contributed by atoms with Crippen LogP contribution in [0.4, 0.5) is 0 Å². The molecule has 0 aliphatic heterocycles. The van der Waals surface area contributed by atoms with E-state index in [2.05, 4.69) is 30.2 Å². The van der Waals surface area contributed by atoms with Gasteiger partial charge in [-0.3, -0.25) is 4.68 Å². The largest absolute Gasteiger partial charge is 0.330 e. The maximum atomic E-state index is 5.69. The van der Waals surface area contributed by atoms with Crippen molar-refractivity contribution in [3.05, 3.63) is 18.0 Å². The maximum Gasteiger partial charge on any atom is 0.0534 e. The second-order valence-electron chi connectivity index (χ2n) is 4.56. The number of nitrogens with two attached hydrogens (primary N) is 1. The van der Waals surface area contributed by atoms with E-state index >= 15 is 0 Å². The van der Waals surface area contributed by atoms with Gasteiger partial charge in [0.25, 0.3) is 0 Å². The standard InChI is InChI=1S/C12H24N4/c1-4-11(7-13)5-6-15(2)9-12-8-14-16(3)10-12/h8,10-11H,4-7,9,13H2,1-3H3. The summed E-state index contributed by atoms with van der Waals surface area (Å²) in [6.07, 6.45) is 6.36. The van der Waals surface area contributed by atoms with Crippen molar-refractivity contribution in [2.45, 2.75) is 26.3 Å². The predicted octanol–water partition coefficient (Wildman–Crippen LogP) is 1.23. The highest BCUT2D eigenvalue weighted by Gasteiger charge is 2.07. The molecule has 0 amide bonds. The number of hydrogen-bond acceptors (Lipinski definition) is 3. The molecule has 1 unspecified atom stereocenters. The molecule has 0 fully saturated rings. The van der Waals surface area contributed by atoms with Gasteiger partial charge >= 0.3 is 0 Å². The van der Waals surface area contributed by atoms with Gasteiger partial charge in [-0.15, -0.1) is 0 Å². The second kappa shape index (κ2) is 6.66. The molecule has 0 aromatic carbocycles. The Hall–Kier alpha value is -0.870. The van der Waals surface area contributed by atoms with Crippen LogP contribution in [0.2, 0.25) is 0 Å². The Labute approximate surface area is 98.4 Å². The summed E-state index contributed by atoms with van der Waals surface area (Å²) in [5.74, 6) is 0.663. The molecule has 4 nitrogen and oxygen atoms in total. The van der Waals surface area contributed by atoms with Crippen molar-refractivity contribution in [1.82, 2.24) is 14.7 Å². The van der Waals surface area contributed by atoms with E-state index in [0.717, 1.165) is 19.6 Å². The molecule has 1 aromatic rings. The second-order valence-corrected chi connectivity index (χ2v) is 4.56. The molecule has 1 atom stereocenters. The van der Waals surface area contributed by atoms with Gasteiger partial charge in [-0.05, 0) is 32.5 Å². The maximum absolute atomic E-state index is 5.69.